The maximum absolute atomic E-state index is 12.0. The third kappa shape index (κ3) is 4.97. The number of nitrogens with one attached hydrogen (secondary N) is 1. The lowest BCUT2D eigenvalue weighted by Crippen LogP contribution is -2.19. The predicted molar refractivity (Wildman–Crippen MR) is 78.7 cm³/mol. The van der Waals surface area contributed by atoms with Crippen molar-refractivity contribution in [3.63, 3.8) is 0 Å². The van der Waals surface area contributed by atoms with Crippen molar-refractivity contribution in [2.45, 2.75) is 6.18 Å². The third-order valence-electron chi connectivity index (χ3n) is 2.77. The van der Waals surface area contributed by atoms with Crippen molar-refractivity contribution in [2.75, 3.05) is 6.61 Å². The highest BCUT2D eigenvalue weighted by Gasteiger charge is 2.28. The first-order valence-corrected chi connectivity index (χ1v) is 6.55. The number of hydrogen-bond acceptors (Lipinski definition) is 4. The Balaban J connectivity index is 2.05. The molecule has 0 spiro atoms. The van der Waals surface area contributed by atoms with E-state index in [0.29, 0.717) is 5.56 Å². The smallest absolute Gasteiger partial charge is 0.422 e. The van der Waals surface area contributed by atoms with Crippen LogP contribution in [0.1, 0.15) is 21.7 Å². The summed E-state index contributed by atoms with van der Waals surface area (Å²) in [4.78, 5) is 28.2. The summed E-state index contributed by atoms with van der Waals surface area (Å²) in [7, 11) is 0. The molecule has 0 radical (unpaired) electrons. The molecule has 0 unspecified atom stereocenters. The molecule has 2 aromatic rings. The quantitative estimate of drug-likeness (QED) is 0.873. The number of H-pyrrole nitrogens is 1. The van der Waals surface area contributed by atoms with Gasteiger partial charge in [-0.25, -0.2) is 9.78 Å². The van der Waals surface area contributed by atoms with E-state index in [0.717, 1.165) is 6.20 Å². The lowest BCUT2D eigenvalue weighted by atomic mass is 10.2. The minimum atomic E-state index is -4.40. The molecule has 1 aromatic heterocycles. The molecule has 0 aliphatic heterocycles. The molecule has 0 aliphatic carbocycles. The summed E-state index contributed by atoms with van der Waals surface area (Å²) in [6.07, 6.45) is -0.488. The largest absolute Gasteiger partial charge is 0.484 e. The van der Waals surface area contributed by atoms with Crippen molar-refractivity contribution in [3.8, 4) is 5.75 Å². The van der Waals surface area contributed by atoms with Crippen LogP contribution in [-0.4, -0.2) is 33.8 Å². The van der Waals surface area contributed by atoms with E-state index >= 15 is 0 Å². The maximum Gasteiger partial charge on any atom is 0.422 e. The number of carboxylic acids is 1. The van der Waals surface area contributed by atoms with Gasteiger partial charge in [0.25, 0.3) is 5.56 Å². The molecule has 0 fully saturated rings. The fraction of sp³-hybridized carbons (Fsp3) is 0.133. The Bertz CT molecular complexity index is 811. The second kappa shape index (κ2) is 6.99. The van der Waals surface area contributed by atoms with Crippen LogP contribution in [0.2, 0.25) is 0 Å². The molecule has 1 aromatic carbocycles. The molecule has 0 atom stereocenters. The molecule has 9 heteroatoms. The van der Waals surface area contributed by atoms with Crippen molar-refractivity contribution < 1.29 is 27.8 Å². The summed E-state index contributed by atoms with van der Waals surface area (Å²) < 4.78 is 40.7. The number of carboxylic acid groups (broad SMARTS) is 1. The molecule has 0 amide bonds. The van der Waals surface area contributed by atoms with Gasteiger partial charge in [-0.1, -0.05) is 18.2 Å². The number of hydrogen-bond donors (Lipinski definition) is 2. The lowest BCUT2D eigenvalue weighted by Gasteiger charge is -2.08. The topological polar surface area (TPSA) is 92.3 Å². The number of aromatic nitrogens is 2. The molecule has 0 bridgehead atoms. The molecule has 0 aliphatic rings. The summed E-state index contributed by atoms with van der Waals surface area (Å²) >= 11 is 0. The fourth-order valence-electron chi connectivity index (χ4n) is 1.66. The number of nitrogens with zero attached hydrogens (tertiary/aromatic N) is 1. The van der Waals surface area contributed by atoms with Gasteiger partial charge >= 0.3 is 12.1 Å². The van der Waals surface area contributed by atoms with Gasteiger partial charge in [0.1, 0.15) is 17.1 Å². The van der Waals surface area contributed by atoms with Crippen LogP contribution in [0.5, 0.6) is 5.75 Å². The van der Waals surface area contributed by atoms with Crippen LogP contribution >= 0.6 is 0 Å². The Hall–Kier alpha value is -3.10. The number of benzene rings is 1. The van der Waals surface area contributed by atoms with Gasteiger partial charge < -0.3 is 14.8 Å². The van der Waals surface area contributed by atoms with Gasteiger partial charge in [0.15, 0.2) is 6.61 Å². The fourth-order valence-corrected chi connectivity index (χ4v) is 1.66. The molecular weight excluding hydrogens is 329 g/mol. The highest BCUT2D eigenvalue weighted by molar-refractivity contribution is 5.86. The summed E-state index contributed by atoms with van der Waals surface area (Å²) in [5.74, 6) is -1.17. The van der Waals surface area contributed by atoms with Gasteiger partial charge in [-0.15, -0.1) is 0 Å². The summed E-state index contributed by atoms with van der Waals surface area (Å²) in [6, 6.07) is 5.78. The standard InChI is InChI=1S/C15H11F3N2O4/c16-15(17,18)8-24-10-4-1-9(2-5-10)3-6-12-19-7-11(14(22)23)13(21)20-12/h1-7H,8H2,(H,22,23)(H,19,20,21)/b6-3+. The summed E-state index contributed by atoms with van der Waals surface area (Å²) in [6.45, 7) is -1.37. The van der Waals surface area contributed by atoms with Crippen LogP contribution in [0.4, 0.5) is 13.2 Å². The van der Waals surface area contributed by atoms with Crippen LogP contribution in [0.3, 0.4) is 0 Å². The highest BCUT2D eigenvalue weighted by atomic mass is 19.4. The minimum absolute atomic E-state index is 0.0711. The number of alkyl halides is 3. The first kappa shape index (κ1) is 17.3. The van der Waals surface area contributed by atoms with Gasteiger partial charge in [0, 0.05) is 6.20 Å². The average Bonchev–Trinajstić information content (AvgIpc) is 2.51. The lowest BCUT2D eigenvalue weighted by molar-refractivity contribution is -0.153. The number of aromatic amines is 1. The van der Waals surface area contributed by atoms with E-state index in [1.165, 1.54) is 30.3 Å². The zero-order valence-electron chi connectivity index (χ0n) is 12.0. The Labute approximate surface area is 133 Å². The third-order valence-corrected chi connectivity index (χ3v) is 2.77. The van der Waals surface area contributed by atoms with Crippen molar-refractivity contribution >= 4 is 18.1 Å². The maximum atomic E-state index is 12.0. The molecule has 2 N–H and O–H groups in total. The van der Waals surface area contributed by atoms with Crippen LogP contribution in [0.15, 0.2) is 35.3 Å². The first-order valence-electron chi connectivity index (χ1n) is 6.55. The molecule has 0 saturated carbocycles. The Morgan fingerprint density at radius 3 is 2.46 bits per heavy atom. The Kier molecular flexibility index (Phi) is 5.02. The number of rotatable bonds is 5. The number of ether oxygens (including phenoxy) is 1. The van der Waals surface area contributed by atoms with E-state index in [1.807, 2.05) is 0 Å². The molecule has 1 heterocycles. The Morgan fingerprint density at radius 2 is 1.92 bits per heavy atom. The Morgan fingerprint density at radius 1 is 1.25 bits per heavy atom. The van der Waals surface area contributed by atoms with Crippen LogP contribution < -0.4 is 10.3 Å². The van der Waals surface area contributed by atoms with E-state index < -0.39 is 29.9 Å². The number of aromatic carboxylic acids is 1. The molecule has 126 valence electrons. The van der Waals surface area contributed by atoms with Gasteiger partial charge in [-0.05, 0) is 23.8 Å². The normalized spacial score (nSPS) is 11.6. The molecule has 6 nitrogen and oxygen atoms in total. The van der Waals surface area contributed by atoms with Gasteiger partial charge in [0.2, 0.25) is 0 Å². The van der Waals surface area contributed by atoms with Gasteiger partial charge in [-0.3, -0.25) is 4.79 Å². The molecular formula is C15H11F3N2O4. The van der Waals surface area contributed by atoms with E-state index in [2.05, 4.69) is 14.7 Å². The second-order valence-corrected chi connectivity index (χ2v) is 4.62. The zero-order chi connectivity index (χ0) is 17.7. The SMILES string of the molecule is O=C(O)c1cnc(/C=C/c2ccc(OCC(F)(F)F)cc2)[nH]c1=O. The predicted octanol–water partition coefficient (Wildman–Crippen LogP) is 2.58. The van der Waals surface area contributed by atoms with E-state index in [-0.39, 0.29) is 11.6 Å². The number of carbonyl (C=O) groups is 1. The van der Waals surface area contributed by atoms with E-state index in [9.17, 15) is 22.8 Å². The van der Waals surface area contributed by atoms with Gasteiger partial charge in [-0.2, -0.15) is 13.2 Å². The monoisotopic (exact) mass is 340 g/mol. The molecule has 24 heavy (non-hydrogen) atoms. The molecule has 2 rings (SSSR count). The van der Waals surface area contributed by atoms with E-state index in [1.54, 1.807) is 6.08 Å². The van der Waals surface area contributed by atoms with E-state index in [4.69, 9.17) is 5.11 Å². The van der Waals surface area contributed by atoms with Gasteiger partial charge in [0.05, 0.1) is 0 Å². The second-order valence-electron chi connectivity index (χ2n) is 4.62. The van der Waals surface area contributed by atoms with Crippen LogP contribution in [0, 0.1) is 0 Å². The van der Waals surface area contributed by atoms with Crippen molar-refractivity contribution in [2.24, 2.45) is 0 Å². The van der Waals surface area contributed by atoms with Crippen molar-refractivity contribution in [1.29, 1.82) is 0 Å². The summed E-state index contributed by atoms with van der Waals surface area (Å²) in [5.41, 5.74) is -0.634. The van der Waals surface area contributed by atoms with Crippen molar-refractivity contribution in [1.82, 2.24) is 9.97 Å². The van der Waals surface area contributed by atoms with Crippen LogP contribution in [0.25, 0.3) is 12.2 Å². The van der Waals surface area contributed by atoms with Crippen molar-refractivity contribution in [3.05, 3.63) is 57.8 Å². The minimum Gasteiger partial charge on any atom is -0.484 e. The van der Waals surface area contributed by atoms with Crippen LogP contribution in [-0.2, 0) is 0 Å². The molecule has 0 saturated heterocycles. The highest BCUT2D eigenvalue weighted by Crippen LogP contribution is 2.19. The first-order chi connectivity index (χ1) is 11.2. The summed E-state index contributed by atoms with van der Waals surface area (Å²) in [5, 5.41) is 8.72. The zero-order valence-corrected chi connectivity index (χ0v) is 12.0. The average molecular weight is 340 g/mol. The number of halogens is 3.